The molecule has 0 radical (unpaired) electrons. The van der Waals surface area contributed by atoms with Crippen molar-refractivity contribution in [3.63, 3.8) is 0 Å². The van der Waals surface area contributed by atoms with Crippen LogP contribution in [0.25, 0.3) is 0 Å². The van der Waals surface area contributed by atoms with Crippen LogP contribution in [0.1, 0.15) is 29.7 Å². The van der Waals surface area contributed by atoms with Crippen molar-refractivity contribution in [1.29, 1.82) is 0 Å². The molecule has 32 heavy (non-hydrogen) atoms. The standard InChI is InChI=1S/C25H28N2O4S/c1-18-16-22(14-15-24(18)31-3)32(29,30)27-23(17-20-10-6-4-7-11-20)25(28)26-19(2)21-12-8-5-9-13-21/h4-16,19,23,27H,17H2,1-3H3,(H,26,28)/t19-,23+/m0/s1. The molecule has 7 heteroatoms. The second-order valence-electron chi connectivity index (χ2n) is 7.64. The smallest absolute Gasteiger partial charge is 0.241 e. The summed E-state index contributed by atoms with van der Waals surface area (Å²) in [5, 5.41) is 2.93. The fraction of sp³-hybridized carbons (Fsp3) is 0.240. The molecule has 168 valence electrons. The van der Waals surface area contributed by atoms with Crippen molar-refractivity contribution in [2.24, 2.45) is 0 Å². The predicted molar refractivity (Wildman–Crippen MR) is 125 cm³/mol. The molecule has 0 aliphatic carbocycles. The van der Waals surface area contributed by atoms with Gasteiger partial charge in [0.05, 0.1) is 18.0 Å². The van der Waals surface area contributed by atoms with Gasteiger partial charge in [0.1, 0.15) is 11.8 Å². The first-order chi connectivity index (χ1) is 15.3. The fourth-order valence-electron chi connectivity index (χ4n) is 3.45. The van der Waals surface area contributed by atoms with Gasteiger partial charge in [0, 0.05) is 0 Å². The number of ether oxygens (including phenoxy) is 1. The Hall–Kier alpha value is -3.16. The lowest BCUT2D eigenvalue weighted by atomic mass is 10.0. The van der Waals surface area contributed by atoms with E-state index in [1.807, 2.05) is 67.6 Å². The van der Waals surface area contributed by atoms with Gasteiger partial charge in [-0.15, -0.1) is 0 Å². The second-order valence-corrected chi connectivity index (χ2v) is 9.35. The van der Waals surface area contributed by atoms with E-state index >= 15 is 0 Å². The Bertz CT molecular complexity index is 1150. The van der Waals surface area contributed by atoms with Crippen molar-refractivity contribution in [2.75, 3.05) is 7.11 Å². The fourth-order valence-corrected chi connectivity index (χ4v) is 4.73. The molecule has 0 bridgehead atoms. The summed E-state index contributed by atoms with van der Waals surface area (Å²) in [6.07, 6.45) is 0.225. The summed E-state index contributed by atoms with van der Waals surface area (Å²) in [5.74, 6) is 0.207. The third-order valence-corrected chi connectivity index (χ3v) is 6.70. The van der Waals surface area contributed by atoms with Crippen molar-refractivity contribution < 1.29 is 17.9 Å². The average Bonchev–Trinajstić information content (AvgIpc) is 2.79. The zero-order chi connectivity index (χ0) is 23.1. The van der Waals surface area contributed by atoms with Crippen LogP contribution in [0.3, 0.4) is 0 Å². The maximum absolute atomic E-state index is 13.1. The predicted octanol–water partition coefficient (Wildman–Crippen LogP) is 3.77. The van der Waals surface area contributed by atoms with Crippen LogP contribution in [0.4, 0.5) is 0 Å². The minimum atomic E-state index is -3.94. The summed E-state index contributed by atoms with van der Waals surface area (Å²) in [5.41, 5.74) is 2.48. The van der Waals surface area contributed by atoms with E-state index < -0.39 is 16.1 Å². The Morgan fingerprint density at radius 3 is 2.19 bits per heavy atom. The zero-order valence-electron chi connectivity index (χ0n) is 18.4. The largest absolute Gasteiger partial charge is 0.496 e. The minimum Gasteiger partial charge on any atom is -0.496 e. The molecule has 0 saturated heterocycles. The number of hydrogen-bond acceptors (Lipinski definition) is 4. The van der Waals surface area contributed by atoms with Gasteiger partial charge in [-0.05, 0) is 55.2 Å². The third kappa shape index (κ3) is 5.96. The molecule has 0 aromatic heterocycles. The molecule has 0 aliphatic rings. The van der Waals surface area contributed by atoms with Crippen LogP contribution in [-0.2, 0) is 21.2 Å². The van der Waals surface area contributed by atoms with Crippen LogP contribution in [-0.4, -0.2) is 27.5 Å². The van der Waals surface area contributed by atoms with Gasteiger partial charge < -0.3 is 10.1 Å². The van der Waals surface area contributed by atoms with Crippen molar-refractivity contribution in [1.82, 2.24) is 10.0 Å². The maximum atomic E-state index is 13.1. The SMILES string of the molecule is COc1ccc(S(=O)(=O)N[C@H](Cc2ccccc2)C(=O)N[C@@H](C)c2ccccc2)cc1C. The summed E-state index contributed by atoms with van der Waals surface area (Å²) in [6.45, 7) is 3.64. The summed E-state index contributed by atoms with van der Waals surface area (Å²) >= 11 is 0. The van der Waals surface area contributed by atoms with Gasteiger partial charge in [-0.25, -0.2) is 8.42 Å². The zero-order valence-corrected chi connectivity index (χ0v) is 19.2. The average molecular weight is 453 g/mol. The van der Waals surface area contributed by atoms with E-state index in [9.17, 15) is 13.2 Å². The lowest BCUT2D eigenvalue weighted by molar-refractivity contribution is -0.123. The van der Waals surface area contributed by atoms with Crippen molar-refractivity contribution >= 4 is 15.9 Å². The van der Waals surface area contributed by atoms with Crippen LogP contribution in [0.5, 0.6) is 5.75 Å². The number of rotatable bonds is 9. The van der Waals surface area contributed by atoms with E-state index in [0.29, 0.717) is 11.3 Å². The van der Waals surface area contributed by atoms with Crippen LogP contribution >= 0.6 is 0 Å². The highest BCUT2D eigenvalue weighted by molar-refractivity contribution is 7.89. The van der Waals surface area contributed by atoms with Gasteiger partial charge in [-0.3, -0.25) is 4.79 Å². The Kier molecular flexibility index (Phi) is 7.66. The van der Waals surface area contributed by atoms with Gasteiger partial charge in [0.25, 0.3) is 0 Å². The second kappa shape index (κ2) is 10.4. The summed E-state index contributed by atoms with van der Waals surface area (Å²) in [7, 11) is -2.41. The maximum Gasteiger partial charge on any atom is 0.241 e. The van der Waals surface area contributed by atoms with Crippen molar-refractivity contribution in [2.45, 2.75) is 37.2 Å². The summed E-state index contributed by atoms with van der Waals surface area (Å²) < 4.78 is 34.0. The quantitative estimate of drug-likeness (QED) is 0.518. The number of amides is 1. The lowest BCUT2D eigenvalue weighted by Gasteiger charge is -2.22. The number of methoxy groups -OCH3 is 1. The third-order valence-electron chi connectivity index (χ3n) is 5.23. The molecule has 0 spiro atoms. The Morgan fingerprint density at radius 2 is 1.59 bits per heavy atom. The molecule has 0 fully saturated rings. The molecule has 0 saturated carbocycles. The molecule has 0 unspecified atom stereocenters. The van der Waals surface area contributed by atoms with Crippen molar-refractivity contribution in [3.05, 3.63) is 95.6 Å². The van der Waals surface area contributed by atoms with E-state index in [1.54, 1.807) is 13.0 Å². The van der Waals surface area contributed by atoms with E-state index in [-0.39, 0.29) is 23.3 Å². The summed E-state index contributed by atoms with van der Waals surface area (Å²) in [6, 6.07) is 22.2. The van der Waals surface area contributed by atoms with Crippen molar-refractivity contribution in [3.8, 4) is 5.75 Å². The van der Waals surface area contributed by atoms with E-state index in [1.165, 1.54) is 19.2 Å². The minimum absolute atomic E-state index is 0.0813. The Balaban J connectivity index is 1.85. The number of benzene rings is 3. The molecular formula is C25H28N2O4S. The van der Waals surface area contributed by atoms with Gasteiger partial charge in [0.15, 0.2) is 0 Å². The van der Waals surface area contributed by atoms with Crippen LogP contribution in [0.2, 0.25) is 0 Å². The number of hydrogen-bond donors (Lipinski definition) is 2. The lowest BCUT2D eigenvalue weighted by Crippen LogP contribution is -2.48. The summed E-state index contributed by atoms with van der Waals surface area (Å²) in [4.78, 5) is 13.2. The number of sulfonamides is 1. The Morgan fingerprint density at radius 1 is 0.969 bits per heavy atom. The molecule has 0 heterocycles. The first kappa shape index (κ1) is 23.5. The molecule has 2 N–H and O–H groups in total. The van der Waals surface area contributed by atoms with E-state index in [2.05, 4.69) is 10.0 Å². The highest BCUT2D eigenvalue weighted by Gasteiger charge is 2.27. The monoisotopic (exact) mass is 452 g/mol. The van der Waals surface area contributed by atoms with Gasteiger partial charge in [-0.2, -0.15) is 4.72 Å². The van der Waals surface area contributed by atoms with Crippen LogP contribution in [0, 0.1) is 6.92 Å². The highest BCUT2D eigenvalue weighted by Crippen LogP contribution is 2.22. The topological polar surface area (TPSA) is 84.5 Å². The van der Waals surface area contributed by atoms with Gasteiger partial charge in [-0.1, -0.05) is 60.7 Å². The number of carbonyl (C=O) groups is 1. The number of carbonyl (C=O) groups excluding carboxylic acids is 1. The number of nitrogens with one attached hydrogen (secondary N) is 2. The first-order valence-electron chi connectivity index (χ1n) is 10.4. The van der Waals surface area contributed by atoms with Crippen LogP contribution in [0.15, 0.2) is 83.8 Å². The molecule has 0 aliphatic heterocycles. The van der Waals surface area contributed by atoms with Crippen LogP contribution < -0.4 is 14.8 Å². The molecule has 6 nitrogen and oxygen atoms in total. The first-order valence-corrected chi connectivity index (χ1v) is 11.8. The molecule has 1 amide bonds. The molecule has 3 aromatic rings. The van der Waals surface area contributed by atoms with Gasteiger partial charge in [0.2, 0.25) is 15.9 Å². The number of aryl methyl sites for hydroxylation is 1. The molecule has 3 aromatic carbocycles. The van der Waals surface area contributed by atoms with E-state index in [0.717, 1.165) is 11.1 Å². The molecule has 3 rings (SSSR count). The normalized spacial score (nSPS) is 13.2. The molecule has 2 atom stereocenters. The Labute approximate surface area is 189 Å². The highest BCUT2D eigenvalue weighted by atomic mass is 32.2. The molecular weight excluding hydrogens is 424 g/mol. The van der Waals surface area contributed by atoms with Gasteiger partial charge >= 0.3 is 0 Å². The van der Waals surface area contributed by atoms with E-state index in [4.69, 9.17) is 4.74 Å².